The molecule has 0 aliphatic rings. The highest BCUT2D eigenvalue weighted by Gasteiger charge is 2.19. The maximum absolute atomic E-state index is 14.1. The highest BCUT2D eigenvalue weighted by molar-refractivity contribution is 6.76. The van der Waals surface area contributed by atoms with Gasteiger partial charge in [-0.05, 0) is 38.8 Å². The standard InChI is InChI=1S/C19H33FO2Si/c1-7-19(2,3)22-18-12-11-16(15-17(18)20)21-13-9-8-10-14-23(4,5)6/h11-12,15H,7-10,13-14H2,1-6H3. The first-order valence-electron chi connectivity index (χ1n) is 8.74. The zero-order valence-corrected chi connectivity index (χ0v) is 16.7. The van der Waals surface area contributed by atoms with Gasteiger partial charge in [0, 0.05) is 14.1 Å². The molecule has 0 saturated heterocycles. The molecule has 0 aliphatic heterocycles. The quantitative estimate of drug-likeness (QED) is 0.368. The van der Waals surface area contributed by atoms with Crippen LogP contribution in [0.15, 0.2) is 18.2 Å². The molecule has 4 heteroatoms. The Morgan fingerprint density at radius 1 is 1.09 bits per heavy atom. The lowest BCUT2D eigenvalue weighted by molar-refractivity contribution is 0.0992. The lowest BCUT2D eigenvalue weighted by atomic mass is 10.1. The van der Waals surface area contributed by atoms with Crippen molar-refractivity contribution in [1.82, 2.24) is 0 Å². The number of hydrogen-bond acceptors (Lipinski definition) is 2. The van der Waals surface area contributed by atoms with Gasteiger partial charge in [0.05, 0.1) is 6.61 Å². The topological polar surface area (TPSA) is 18.5 Å². The smallest absolute Gasteiger partial charge is 0.168 e. The lowest BCUT2D eigenvalue weighted by Gasteiger charge is -2.25. The fraction of sp³-hybridized carbons (Fsp3) is 0.684. The summed E-state index contributed by atoms with van der Waals surface area (Å²) in [6.07, 6.45) is 4.29. The summed E-state index contributed by atoms with van der Waals surface area (Å²) in [6.45, 7) is 13.8. The van der Waals surface area contributed by atoms with E-state index in [0.717, 1.165) is 12.8 Å². The maximum atomic E-state index is 14.1. The van der Waals surface area contributed by atoms with Crippen LogP contribution in [0.4, 0.5) is 4.39 Å². The van der Waals surface area contributed by atoms with Gasteiger partial charge in [-0.3, -0.25) is 0 Å². The van der Waals surface area contributed by atoms with Crippen LogP contribution in [-0.2, 0) is 0 Å². The Kier molecular flexibility index (Phi) is 7.58. The molecule has 0 unspecified atom stereocenters. The van der Waals surface area contributed by atoms with Crippen LogP contribution in [0.3, 0.4) is 0 Å². The fourth-order valence-corrected chi connectivity index (χ4v) is 3.46. The van der Waals surface area contributed by atoms with Crippen molar-refractivity contribution < 1.29 is 13.9 Å². The Labute approximate surface area is 142 Å². The second-order valence-corrected chi connectivity index (χ2v) is 13.6. The van der Waals surface area contributed by atoms with Gasteiger partial charge in [0.2, 0.25) is 0 Å². The molecule has 0 radical (unpaired) electrons. The van der Waals surface area contributed by atoms with Crippen molar-refractivity contribution in [3.63, 3.8) is 0 Å². The van der Waals surface area contributed by atoms with Crippen molar-refractivity contribution in [2.45, 2.75) is 77.7 Å². The summed E-state index contributed by atoms with van der Waals surface area (Å²) in [7, 11) is -0.922. The minimum Gasteiger partial charge on any atom is -0.493 e. The molecule has 1 aromatic rings. The van der Waals surface area contributed by atoms with Crippen LogP contribution in [0, 0.1) is 5.82 Å². The Morgan fingerprint density at radius 2 is 1.78 bits per heavy atom. The molecule has 0 heterocycles. The minimum atomic E-state index is -0.922. The number of rotatable bonds is 10. The highest BCUT2D eigenvalue weighted by Crippen LogP contribution is 2.27. The molecule has 0 fully saturated rings. The molecule has 0 saturated carbocycles. The Balaban J connectivity index is 2.38. The number of halogens is 1. The first kappa shape index (κ1) is 20.0. The normalized spacial score (nSPS) is 12.3. The van der Waals surface area contributed by atoms with E-state index in [4.69, 9.17) is 9.47 Å². The van der Waals surface area contributed by atoms with E-state index in [9.17, 15) is 4.39 Å². The largest absolute Gasteiger partial charge is 0.493 e. The molecular formula is C19H33FO2Si. The van der Waals surface area contributed by atoms with Crippen molar-refractivity contribution >= 4 is 8.07 Å². The van der Waals surface area contributed by atoms with Crippen LogP contribution in [0.5, 0.6) is 11.5 Å². The second kappa shape index (κ2) is 8.72. The predicted molar refractivity (Wildman–Crippen MR) is 98.9 cm³/mol. The van der Waals surface area contributed by atoms with Gasteiger partial charge in [-0.15, -0.1) is 0 Å². The SMILES string of the molecule is CCC(C)(C)Oc1ccc(OCCCCC[Si](C)(C)C)cc1F. The average Bonchev–Trinajstić information content (AvgIpc) is 2.44. The number of unbranched alkanes of at least 4 members (excludes halogenated alkanes) is 2. The molecule has 0 bridgehead atoms. The van der Waals surface area contributed by atoms with E-state index < -0.39 is 8.07 Å². The molecule has 0 aromatic heterocycles. The lowest BCUT2D eigenvalue weighted by Crippen LogP contribution is -2.27. The molecule has 132 valence electrons. The third-order valence-electron chi connectivity index (χ3n) is 3.98. The van der Waals surface area contributed by atoms with Crippen LogP contribution in [0.1, 0.15) is 46.5 Å². The van der Waals surface area contributed by atoms with Crippen molar-refractivity contribution in [2.24, 2.45) is 0 Å². The van der Waals surface area contributed by atoms with E-state index in [1.807, 2.05) is 20.8 Å². The van der Waals surface area contributed by atoms with Gasteiger partial charge < -0.3 is 9.47 Å². The summed E-state index contributed by atoms with van der Waals surface area (Å²) in [4.78, 5) is 0. The Bertz CT molecular complexity index is 481. The van der Waals surface area contributed by atoms with E-state index >= 15 is 0 Å². The first-order chi connectivity index (χ1) is 10.6. The van der Waals surface area contributed by atoms with Crippen LogP contribution in [0.2, 0.25) is 25.7 Å². The van der Waals surface area contributed by atoms with Gasteiger partial charge in [0.25, 0.3) is 0 Å². The maximum Gasteiger partial charge on any atom is 0.168 e. The van der Waals surface area contributed by atoms with Crippen molar-refractivity contribution in [3.05, 3.63) is 24.0 Å². The highest BCUT2D eigenvalue weighted by atomic mass is 28.3. The zero-order chi connectivity index (χ0) is 17.5. The summed E-state index contributed by atoms with van der Waals surface area (Å²) in [5.41, 5.74) is -0.362. The average molecular weight is 341 g/mol. The van der Waals surface area contributed by atoms with E-state index in [1.165, 1.54) is 25.0 Å². The number of benzene rings is 1. The summed E-state index contributed by atoms with van der Waals surface area (Å²) >= 11 is 0. The van der Waals surface area contributed by atoms with Gasteiger partial charge in [0.1, 0.15) is 11.4 Å². The molecule has 0 spiro atoms. The second-order valence-electron chi connectivity index (χ2n) is 8.03. The summed E-state index contributed by atoms with van der Waals surface area (Å²) in [6, 6.07) is 6.23. The van der Waals surface area contributed by atoms with Crippen molar-refractivity contribution in [1.29, 1.82) is 0 Å². The van der Waals surface area contributed by atoms with Gasteiger partial charge in [-0.1, -0.05) is 45.5 Å². The van der Waals surface area contributed by atoms with E-state index in [0.29, 0.717) is 18.1 Å². The number of ether oxygens (including phenoxy) is 2. The van der Waals surface area contributed by atoms with Crippen molar-refractivity contribution in [3.8, 4) is 11.5 Å². The van der Waals surface area contributed by atoms with Crippen LogP contribution in [0.25, 0.3) is 0 Å². The summed E-state index contributed by atoms with van der Waals surface area (Å²) in [5.74, 6) is 0.511. The Morgan fingerprint density at radius 3 is 2.35 bits per heavy atom. The Hall–Kier alpha value is -1.03. The van der Waals surface area contributed by atoms with Gasteiger partial charge in [0.15, 0.2) is 11.6 Å². The zero-order valence-electron chi connectivity index (χ0n) is 15.7. The molecule has 23 heavy (non-hydrogen) atoms. The van der Waals surface area contributed by atoms with E-state index in [2.05, 4.69) is 19.6 Å². The minimum absolute atomic E-state index is 0.291. The number of hydrogen-bond donors (Lipinski definition) is 0. The summed E-state index contributed by atoms with van der Waals surface area (Å²) < 4.78 is 25.4. The van der Waals surface area contributed by atoms with Gasteiger partial charge in [-0.2, -0.15) is 0 Å². The molecule has 1 aromatic carbocycles. The van der Waals surface area contributed by atoms with Gasteiger partial charge >= 0.3 is 0 Å². The summed E-state index contributed by atoms with van der Waals surface area (Å²) in [5, 5.41) is 0. The monoisotopic (exact) mass is 340 g/mol. The fourth-order valence-electron chi connectivity index (χ4n) is 2.15. The van der Waals surface area contributed by atoms with Crippen LogP contribution in [-0.4, -0.2) is 20.3 Å². The van der Waals surface area contributed by atoms with Crippen LogP contribution >= 0.6 is 0 Å². The van der Waals surface area contributed by atoms with E-state index in [-0.39, 0.29) is 11.4 Å². The predicted octanol–water partition coefficient (Wildman–Crippen LogP) is 6.28. The molecule has 0 aliphatic carbocycles. The molecule has 0 amide bonds. The molecule has 2 nitrogen and oxygen atoms in total. The molecular weight excluding hydrogens is 307 g/mol. The molecule has 1 rings (SSSR count). The van der Waals surface area contributed by atoms with Gasteiger partial charge in [-0.25, -0.2) is 4.39 Å². The third-order valence-corrected chi connectivity index (χ3v) is 5.83. The first-order valence-corrected chi connectivity index (χ1v) is 12.4. The molecule has 0 atom stereocenters. The third kappa shape index (κ3) is 8.40. The molecule has 0 N–H and O–H groups in total. The van der Waals surface area contributed by atoms with E-state index in [1.54, 1.807) is 12.1 Å². The van der Waals surface area contributed by atoms with Crippen LogP contribution < -0.4 is 9.47 Å². The van der Waals surface area contributed by atoms with Crippen molar-refractivity contribution in [2.75, 3.05) is 6.61 Å².